The van der Waals surface area contributed by atoms with Crippen LogP contribution in [0.15, 0.2) is 59.4 Å². The van der Waals surface area contributed by atoms with E-state index in [1.54, 1.807) is 19.3 Å². The second-order valence-corrected chi connectivity index (χ2v) is 9.80. The van der Waals surface area contributed by atoms with Gasteiger partial charge in [-0.3, -0.25) is 4.79 Å². The van der Waals surface area contributed by atoms with Gasteiger partial charge in [-0.15, -0.1) is 0 Å². The van der Waals surface area contributed by atoms with Crippen LogP contribution in [0.3, 0.4) is 0 Å². The predicted molar refractivity (Wildman–Crippen MR) is 140 cm³/mol. The molecule has 5 rings (SSSR count). The molecule has 3 aromatic carbocycles. The molecule has 2 heterocycles. The minimum atomic E-state index is -0.853. The van der Waals surface area contributed by atoms with E-state index in [9.17, 15) is 14.7 Å². The van der Waals surface area contributed by atoms with Gasteiger partial charge in [-0.2, -0.15) is 0 Å². The van der Waals surface area contributed by atoms with Crippen LogP contribution >= 0.6 is 0 Å². The van der Waals surface area contributed by atoms with E-state index in [1.807, 2.05) is 61.9 Å². The summed E-state index contributed by atoms with van der Waals surface area (Å²) in [5.74, 6) is -0.109. The fraction of sp³-hybridized carbons (Fsp3) is 0.310. The molecule has 7 nitrogen and oxygen atoms in total. The Hall–Kier alpha value is -3.68. The van der Waals surface area contributed by atoms with Crippen molar-refractivity contribution >= 4 is 38.5 Å². The van der Waals surface area contributed by atoms with Crippen molar-refractivity contribution in [2.24, 2.45) is 7.05 Å². The Morgan fingerprint density at radius 3 is 2.67 bits per heavy atom. The number of carbonyl (C=O) groups excluding carboxylic acids is 1. The molecular formula is C29H29NO6. The lowest BCUT2D eigenvalue weighted by molar-refractivity contribution is -0.128. The number of hydrogen-bond donors (Lipinski definition) is 1. The first kappa shape index (κ1) is 24.0. The van der Waals surface area contributed by atoms with Gasteiger partial charge in [0.25, 0.3) is 0 Å². The number of benzene rings is 3. The van der Waals surface area contributed by atoms with Gasteiger partial charge >= 0.3 is 5.97 Å². The van der Waals surface area contributed by atoms with Crippen LogP contribution in [-0.4, -0.2) is 35.0 Å². The Kier molecular flexibility index (Phi) is 6.06. The highest BCUT2D eigenvalue weighted by Gasteiger charge is 2.36. The average molecular weight is 488 g/mol. The van der Waals surface area contributed by atoms with Crippen molar-refractivity contribution in [3.8, 4) is 11.5 Å². The first-order valence-electron chi connectivity index (χ1n) is 12.0. The smallest absolute Gasteiger partial charge is 0.335 e. The quantitative estimate of drug-likeness (QED) is 0.141. The van der Waals surface area contributed by atoms with Crippen molar-refractivity contribution in [2.75, 3.05) is 13.7 Å². The van der Waals surface area contributed by atoms with Gasteiger partial charge < -0.3 is 23.9 Å². The first-order valence-corrected chi connectivity index (χ1v) is 12.0. The fourth-order valence-electron chi connectivity index (χ4n) is 5.05. The number of fused-ring (bicyclic) bond motifs is 5. The molecule has 1 aliphatic rings. The van der Waals surface area contributed by atoms with Crippen molar-refractivity contribution in [1.82, 2.24) is 4.57 Å². The molecule has 0 bridgehead atoms. The molecule has 1 aromatic heterocycles. The number of hydrogen-bond acceptors (Lipinski definition) is 6. The van der Waals surface area contributed by atoms with Crippen LogP contribution < -0.4 is 14.9 Å². The van der Waals surface area contributed by atoms with Crippen LogP contribution in [0.4, 0.5) is 0 Å². The number of aryl methyl sites for hydroxylation is 1. The second kappa shape index (κ2) is 9.08. The van der Waals surface area contributed by atoms with Gasteiger partial charge in [0, 0.05) is 50.3 Å². The van der Waals surface area contributed by atoms with E-state index in [1.165, 1.54) is 6.08 Å². The van der Waals surface area contributed by atoms with Crippen molar-refractivity contribution < 1.29 is 24.1 Å². The molecule has 0 amide bonds. The third-order valence-corrected chi connectivity index (χ3v) is 6.66. The first-order chi connectivity index (χ1) is 17.2. The number of pyridine rings is 1. The SMILES string of the molecule is COCC/C=C\C(=O)Oc1cc2c(c3c1c(=O)c1cc4ccccc4cc1n3C)C(O)CC(C)(C)O2. The maximum absolute atomic E-state index is 13.9. The summed E-state index contributed by atoms with van der Waals surface area (Å²) in [5.41, 5.74) is 0.833. The summed E-state index contributed by atoms with van der Waals surface area (Å²) in [6.07, 6.45) is 3.05. The molecule has 0 radical (unpaired) electrons. The topological polar surface area (TPSA) is 87.0 Å². The number of aromatic nitrogens is 1. The Balaban J connectivity index is 1.81. The normalized spacial score (nSPS) is 17.0. The van der Waals surface area contributed by atoms with Crippen LogP contribution in [0.2, 0.25) is 0 Å². The molecule has 1 atom stereocenters. The lowest BCUT2D eigenvalue weighted by Gasteiger charge is -2.36. The van der Waals surface area contributed by atoms with Crippen LogP contribution in [0, 0.1) is 0 Å². The third kappa shape index (κ3) is 4.14. The van der Waals surface area contributed by atoms with Gasteiger partial charge in [-0.25, -0.2) is 4.79 Å². The van der Waals surface area contributed by atoms with Gasteiger partial charge in [0.05, 0.1) is 22.5 Å². The second-order valence-electron chi connectivity index (χ2n) is 9.80. The minimum absolute atomic E-state index is 0.103. The Morgan fingerprint density at radius 2 is 1.94 bits per heavy atom. The van der Waals surface area contributed by atoms with Crippen LogP contribution in [-0.2, 0) is 16.6 Å². The summed E-state index contributed by atoms with van der Waals surface area (Å²) >= 11 is 0. The Labute approximate surface area is 208 Å². The zero-order valence-corrected chi connectivity index (χ0v) is 20.8. The molecule has 0 saturated carbocycles. The van der Waals surface area contributed by atoms with Crippen LogP contribution in [0.25, 0.3) is 32.6 Å². The summed E-state index contributed by atoms with van der Waals surface area (Å²) in [4.78, 5) is 26.6. The van der Waals surface area contributed by atoms with E-state index in [4.69, 9.17) is 14.2 Å². The molecule has 0 aliphatic carbocycles. The molecule has 1 N–H and O–H groups in total. The molecule has 4 aromatic rings. The molecule has 0 fully saturated rings. The van der Waals surface area contributed by atoms with Crippen molar-refractivity contribution in [3.05, 3.63) is 70.4 Å². The monoisotopic (exact) mass is 487 g/mol. The number of carbonyl (C=O) groups is 1. The summed E-state index contributed by atoms with van der Waals surface area (Å²) in [7, 11) is 3.44. The number of aliphatic hydroxyl groups excluding tert-OH is 1. The highest BCUT2D eigenvalue weighted by Crippen LogP contribution is 2.46. The van der Waals surface area contributed by atoms with Gasteiger partial charge in [0.15, 0.2) is 0 Å². The van der Waals surface area contributed by atoms with E-state index in [2.05, 4.69) is 0 Å². The molecular weight excluding hydrogens is 458 g/mol. The highest BCUT2D eigenvalue weighted by atomic mass is 16.5. The zero-order valence-electron chi connectivity index (χ0n) is 20.8. The Bertz CT molecular complexity index is 1600. The third-order valence-electron chi connectivity index (χ3n) is 6.66. The Morgan fingerprint density at radius 1 is 1.22 bits per heavy atom. The van der Waals surface area contributed by atoms with Crippen LogP contribution in [0.5, 0.6) is 11.5 Å². The van der Waals surface area contributed by atoms with Gasteiger partial charge in [-0.05, 0) is 43.2 Å². The largest absolute Gasteiger partial charge is 0.487 e. The van der Waals surface area contributed by atoms with E-state index in [0.29, 0.717) is 47.2 Å². The molecule has 0 saturated heterocycles. The zero-order chi connectivity index (χ0) is 25.6. The summed E-state index contributed by atoms with van der Waals surface area (Å²) in [6, 6.07) is 13.2. The summed E-state index contributed by atoms with van der Waals surface area (Å²) in [6.45, 7) is 4.26. The maximum atomic E-state index is 13.9. The number of methoxy groups -OCH3 is 1. The van der Waals surface area contributed by atoms with E-state index in [0.717, 1.165) is 10.8 Å². The maximum Gasteiger partial charge on any atom is 0.335 e. The predicted octanol–water partition coefficient (Wildman–Crippen LogP) is 4.94. The number of ether oxygens (including phenoxy) is 3. The van der Waals surface area contributed by atoms with Crippen molar-refractivity contribution in [2.45, 2.75) is 38.4 Å². The minimum Gasteiger partial charge on any atom is -0.487 e. The lowest BCUT2D eigenvalue weighted by atomic mass is 9.89. The number of nitrogens with zero attached hydrogens (tertiary/aromatic N) is 1. The summed E-state index contributed by atoms with van der Waals surface area (Å²) < 4.78 is 18.8. The molecule has 36 heavy (non-hydrogen) atoms. The molecule has 7 heteroatoms. The number of rotatable bonds is 5. The fourth-order valence-corrected chi connectivity index (χ4v) is 5.05. The van der Waals surface area contributed by atoms with Crippen molar-refractivity contribution in [1.29, 1.82) is 0 Å². The van der Waals surface area contributed by atoms with E-state index >= 15 is 0 Å². The lowest BCUT2D eigenvalue weighted by Crippen LogP contribution is -2.35. The molecule has 1 unspecified atom stereocenters. The summed E-state index contributed by atoms with van der Waals surface area (Å²) in [5, 5.41) is 13.8. The number of aliphatic hydroxyl groups is 1. The van der Waals surface area contributed by atoms with Crippen LogP contribution in [0.1, 0.15) is 38.4 Å². The molecule has 186 valence electrons. The molecule has 0 spiro atoms. The molecule has 1 aliphatic heterocycles. The highest BCUT2D eigenvalue weighted by molar-refractivity contribution is 6.05. The van der Waals surface area contributed by atoms with E-state index < -0.39 is 17.7 Å². The average Bonchev–Trinajstić information content (AvgIpc) is 2.82. The van der Waals surface area contributed by atoms with E-state index in [-0.39, 0.29) is 16.6 Å². The number of esters is 1. The van der Waals surface area contributed by atoms with Gasteiger partial charge in [0.1, 0.15) is 17.1 Å². The van der Waals surface area contributed by atoms with Gasteiger partial charge in [-0.1, -0.05) is 30.3 Å². The van der Waals surface area contributed by atoms with Crippen molar-refractivity contribution in [3.63, 3.8) is 0 Å². The van der Waals surface area contributed by atoms with Gasteiger partial charge in [0.2, 0.25) is 5.43 Å². The standard InChI is InChI=1S/C29H29NO6/c1-29(2)16-21(31)25-23(36-29)15-22(35-24(32)11-7-8-12-34-4)26-27(25)30(3)20-14-18-10-6-5-9-17(18)13-19(20)28(26)33/h5-7,9-11,13-15,21,31H,8,12,16H2,1-4H3/b11-7-.